The molecule has 21 heavy (non-hydrogen) atoms. The molecule has 0 aliphatic carbocycles. The van der Waals surface area contributed by atoms with Gasteiger partial charge in [0.05, 0.1) is 0 Å². The van der Waals surface area contributed by atoms with Gasteiger partial charge in [-0.05, 0) is 37.6 Å². The van der Waals surface area contributed by atoms with Gasteiger partial charge in [0.1, 0.15) is 19.3 Å². The molecule has 2 rings (SSSR count). The van der Waals surface area contributed by atoms with Crippen molar-refractivity contribution in [3.8, 4) is 11.5 Å². The van der Waals surface area contributed by atoms with Gasteiger partial charge in [-0.15, -0.1) is 11.8 Å². The summed E-state index contributed by atoms with van der Waals surface area (Å²) in [6.45, 7) is 3.91. The number of hydrogen-bond acceptors (Lipinski definition) is 5. The van der Waals surface area contributed by atoms with E-state index in [9.17, 15) is 4.79 Å². The zero-order valence-corrected chi connectivity index (χ0v) is 12.9. The summed E-state index contributed by atoms with van der Waals surface area (Å²) in [5.41, 5.74) is 0. The van der Waals surface area contributed by atoms with Crippen molar-refractivity contribution in [2.45, 2.75) is 30.7 Å². The van der Waals surface area contributed by atoms with Crippen LogP contribution in [0.5, 0.6) is 11.5 Å². The maximum Gasteiger partial charge on any atom is 0.320 e. The van der Waals surface area contributed by atoms with Crippen molar-refractivity contribution in [1.82, 2.24) is 5.32 Å². The number of benzene rings is 1. The Kier molecular flexibility index (Phi) is 6.20. The van der Waals surface area contributed by atoms with Crippen LogP contribution in [0.3, 0.4) is 0 Å². The second-order valence-electron chi connectivity index (χ2n) is 4.79. The Hall–Kier alpha value is -1.40. The molecule has 1 aliphatic rings. The highest BCUT2D eigenvalue weighted by atomic mass is 32.2. The number of carbonyl (C=O) groups is 1. The average molecular weight is 311 g/mol. The van der Waals surface area contributed by atoms with Crippen molar-refractivity contribution >= 4 is 17.7 Å². The maximum absolute atomic E-state index is 11.1. The minimum absolute atomic E-state index is 0.477. The smallest absolute Gasteiger partial charge is 0.320 e. The van der Waals surface area contributed by atoms with E-state index in [2.05, 4.69) is 5.32 Å². The highest BCUT2D eigenvalue weighted by Crippen LogP contribution is 2.34. The van der Waals surface area contributed by atoms with E-state index in [1.54, 1.807) is 11.8 Å². The Balaban J connectivity index is 1.83. The third-order valence-corrected chi connectivity index (χ3v) is 4.15. The van der Waals surface area contributed by atoms with Crippen molar-refractivity contribution in [1.29, 1.82) is 0 Å². The summed E-state index contributed by atoms with van der Waals surface area (Å²) in [6, 6.07) is 5.36. The Morgan fingerprint density at radius 2 is 2.14 bits per heavy atom. The first-order valence-electron chi connectivity index (χ1n) is 7.19. The number of rotatable bonds is 8. The second kappa shape index (κ2) is 8.14. The number of ether oxygens (including phenoxy) is 2. The van der Waals surface area contributed by atoms with Crippen molar-refractivity contribution in [2.24, 2.45) is 0 Å². The van der Waals surface area contributed by atoms with Crippen molar-refractivity contribution < 1.29 is 19.4 Å². The van der Waals surface area contributed by atoms with Crippen LogP contribution in [0.1, 0.15) is 19.8 Å². The lowest BCUT2D eigenvalue weighted by atomic mass is 10.2. The number of thioether (sulfide) groups is 1. The molecule has 1 aromatic rings. The van der Waals surface area contributed by atoms with Gasteiger partial charge in [-0.1, -0.05) is 6.92 Å². The summed E-state index contributed by atoms with van der Waals surface area (Å²) in [6.07, 6.45) is 1.52. The van der Waals surface area contributed by atoms with E-state index in [1.165, 1.54) is 0 Å². The van der Waals surface area contributed by atoms with Gasteiger partial charge in [0, 0.05) is 10.6 Å². The first-order valence-corrected chi connectivity index (χ1v) is 8.18. The molecule has 0 radical (unpaired) electrons. The van der Waals surface area contributed by atoms with Crippen LogP contribution in [0.2, 0.25) is 0 Å². The topological polar surface area (TPSA) is 67.8 Å². The van der Waals surface area contributed by atoms with E-state index >= 15 is 0 Å². The molecular weight excluding hydrogens is 290 g/mol. The van der Waals surface area contributed by atoms with Crippen LogP contribution in [-0.4, -0.2) is 42.6 Å². The van der Waals surface area contributed by atoms with Crippen molar-refractivity contribution in [2.75, 3.05) is 25.5 Å². The number of nitrogens with one attached hydrogen (secondary N) is 1. The minimum Gasteiger partial charge on any atom is -0.486 e. The van der Waals surface area contributed by atoms with Crippen LogP contribution in [0.25, 0.3) is 0 Å². The van der Waals surface area contributed by atoms with E-state index in [4.69, 9.17) is 14.6 Å². The molecule has 2 N–H and O–H groups in total. The van der Waals surface area contributed by atoms with E-state index < -0.39 is 12.0 Å². The SMILES string of the molecule is CCCNC(CCSc1ccc2c(c1)OCCO2)C(=O)O. The van der Waals surface area contributed by atoms with Crippen LogP contribution in [-0.2, 0) is 4.79 Å². The number of hydrogen-bond donors (Lipinski definition) is 2. The highest BCUT2D eigenvalue weighted by molar-refractivity contribution is 7.99. The Morgan fingerprint density at radius 3 is 2.86 bits per heavy atom. The largest absolute Gasteiger partial charge is 0.486 e. The molecule has 0 amide bonds. The lowest BCUT2D eigenvalue weighted by Crippen LogP contribution is -2.37. The summed E-state index contributed by atoms with van der Waals surface area (Å²) in [4.78, 5) is 12.2. The van der Waals surface area contributed by atoms with Gasteiger partial charge in [0.2, 0.25) is 0 Å². The standard InChI is InChI=1S/C15H21NO4S/c1-2-6-16-12(15(17)18)5-9-21-11-3-4-13-14(10-11)20-8-7-19-13/h3-4,10,12,16H,2,5-9H2,1H3,(H,17,18). The lowest BCUT2D eigenvalue weighted by Gasteiger charge is -2.19. The van der Waals surface area contributed by atoms with Crippen molar-refractivity contribution in [3.05, 3.63) is 18.2 Å². The Morgan fingerprint density at radius 1 is 1.38 bits per heavy atom. The molecule has 1 aromatic carbocycles. The maximum atomic E-state index is 11.1. The summed E-state index contributed by atoms with van der Waals surface area (Å²) < 4.78 is 11.0. The molecule has 0 fully saturated rings. The van der Waals surface area contributed by atoms with Crippen molar-refractivity contribution in [3.63, 3.8) is 0 Å². The lowest BCUT2D eigenvalue weighted by molar-refractivity contribution is -0.139. The summed E-state index contributed by atoms with van der Waals surface area (Å²) >= 11 is 1.63. The fraction of sp³-hybridized carbons (Fsp3) is 0.533. The van der Waals surface area contributed by atoms with Gasteiger partial charge in [0.25, 0.3) is 0 Å². The first kappa shape index (κ1) is 16.0. The Bertz CT molecular complexity index is 481. The zero-order valence-electron chi connectivity index (χ0n) is 12.1. The van der Waals surface area contributed by atoms with Gasteiger partial charge in [-0.2, -0.15) is 0 Å². The van der Waals surface area contributed by atoms with Crippen LogP contribution in [0.4, 0.5) is 0 Å². The molecule has 116 valence electrons. The van der Waals surface area contributed by atoms with E-state index in [0.717, 1.165) is 35.1 Å². The summed E-state index contributed by atoms with van der Waals surface area (Å²) in [7, 11) is 0. The predicted molar refractivity (Wildman–Crippen MR) is 82.5 cm³/mol. The average Bonchev–Trinajstić information content (AvgIpc) is 2.50. The fourth-order valence-electron chi connectivity index (χ4n) is 2.04. The van der Waals surface area contributed by atoms with Gasteiger partial charge >= 0.3 is 5.97 Å². The van der Waals surface area contributed by atoms with E-state index in [1.807, 2.05) is 25.1 Å². The molecule has 6 heteroatoms. The summed E-state index contributed by atoms with van der Waals surface area (Å²) in [5, 5.41) is 12.2. The third-order valence-electron chi connectivity index (χ3n) is 3.13. The number of carboxylic acids is 1. The van der Waals surface area contributed by atoms with Gasteiger partial charge in [0.15, 0.2) is 11.5 Å². The molecule has 0 aromatic heterocycles. The fourth-order valence-corrected chi connectivity index (χ4v) is 2.98. The number of aliphatic carboxylic acids is 1. The Labute approximate surface area is 129 Å². The van der Waals surface area contributed by atoms with E-state index in [0.29, 0.717) is 19.6 Å². The molecule has 1 unspecified atom stereocenters. The monoisotopic (exact) mass is 311 g/mol. The zero-order chi connectivity index (χ0) is 15.1. The third kappa shape index (κ3) is 4.82. The number of carboxylic acid groups (broad SMARTS) is 1. The molecule has 0 bridgehead atoms. The van der Waals surface area contributed by atoms with Crippen LogP contribution in [0.15, 0.2) is 23.1 Å². The predicted octanol–water partition coefficient (Wildman–Crippen LogP) is 2.39. The highest BCUT2D eigenvalue weighted by Gasteiger charge is 2.16. The quantitative estimate of drug-likeness (QED) is 0.719. The molecule has 1 heterocycles. The molecule has 0 saturated carbocycles. The summed E-state index contributed by atoms with van der Waals surface area (Å²) in [5.74, 6) is 1.50. The molecule has 0 spiro atoms. The molecule has 5 nitrogen and oxygen atoms in total. The number of fused-ring (bicyclic) bond motifs is 1. The van der Waals surface area contributed by atoms with E-state index in [-0.39, 0.29) is 0 Å². The van der Waals surface area contributed by atoms with Crippen LogP contribution < -0.4 is 14.8 Å². The minimum atomic E-state index is -0.786. The van der Waals surface area contributed by atoms with Gasteiger partial charge in [-0.25, -0.2) is 0 Å². The first-order chi connectivity index (χ1) is 10.2. The second-order valence-corrected chi connectivity index (χ2v) is 5.96. The van der Waals surface area contributed by atoms with Gasteiger partial charge < -0.3 is 19.9 Å². The molecule has 0 saturated heterocycles. The normalized spacial score (nSPS) is 14.7. The molecular formula is C15H21NO4S. The molecule has 1 atom stereocenters. The van der Waals surface area contributed by atoms with Crippen LogP contribution in [0, 0.1) is 0 Å². The molecule has 1 aliphatic heterocycles. The van der Waals surface area contributed by atoms with Crippen LogP contribution >= 0.6 is 11.8 Å². The van der Waals surface area contributed by atoms with Gasteiger partial charge in [-0.3, -0.25) is 4.79 Å².